The summed E-state index contributed by atoms with van der Waals surface area (Å²) in [6.07, 6.45) is 0.329. The second-order valence-electron chi connectivity index (χ2n) is 6.64. The van der Waals surface area contributed by atoms with Crippen molar-refractivity contribution in [3.05, 3.63) is 0 Å². The highest BCUT2D eigenvalue weighted by Crippen LogP contribution is 2.26. The highest BCUT2D eigenvalue weighted by atomic mass is 16.6. The third kappa shape index (κ3) is 4.94. The van der Waals surface area contributed by atoms with Crippen LogP contribution in [0.25, 0.3) is 0 Å². The van der Waals surface area contributed by atoms with Crippen LogP contribution in [0.5, 0.6) is 0 Å². The van der Waals surface area contributed by atoms with Gasteiger partial charge in [0.2, 0.25) is 0 Å². The fraction of sp³-hybridized carbons (Fsp3) is 0.800. The van der Waals surface area contributed by atoms with Gasteiger partial charge in [0.05, 0.1) is 6.42 Å². The van der Waals surface area contributed by atoms with Gasteiger partial charge in [0.25, 0.3) is 0 Å². The molecule has 0 saturated carbocycles. The Labute approximate surface area is 120 Å². The summed E-state index contributed by atoms with van der Waals surface area (Å²) in [4.78, 5) is 36.8. The van der Waals surface area contributed by atoms with Gasteiger partial charge in [-0.1, -0.05) is 6.92 Å². The van der Waals surface area contributed by atoms with E-state index in [9.17, 15) is 14.4 Å². The monoisotopic (exact) mass is 283 g/mol. The minimum atomic E-state index is -0.543. The van der Waals surface area contributed by atoms with E-state index in [1.54, 1.807) is 4.90 Å². The van der Waals surface area contributed by atoms with Crippen LogP contribution in [0.4, 0.5) is 4.79 Å². The fourth-order valence-corrected chi connectivity index (χ4v) is 2.36. The molecule has 5 nitrogen and oxygen atoms in total. The molecule has 1 saturated heterocycles. The van der Waals surface area contributed by atoms with Gasteiger partial charge < -0.3 is 9.64 Å². The summed E-state index contributed by atoms with van der Waals surface area (Å²) in [6.45, 7) is 9.80. The Hall–Kier alpha value is -1.39. The van der Waals surface area contributed by atoms with Gasteiger partial charge in [0.15, 0.2) is 0 Å². The van der Waals surface area contributed by atoms with Crippen LogP contribution in [0.15, 0.2) is 0 Å². The van der Waals surface area contributed by atoms with E-state index in [0.717, 1.165) is 6.42 Å². The number of rotatable bonds is 3. The van der Waals surface area contributed by atoms with E-state index < -0.39 is 5.60 Å². The maximum Gasteiger partial charge on any atom is 0.410 e. The van der Waals surface area contributed by atoms with Gasteiger partial charge in [-0.15, -0.1) is 0 Å². The van der Waals surface area contributed by atoms with Gasteiger partial charge in [0.1, 0.15) is 17.2 Å². The smallest absolute Gasteiger partial charge is 0.410 e. The molecule has 1 aliphatic heterocycles. The number of piperidine rings is 1. The molecule has 0 aromatic carbocycles. The lowest BCUT2D eigenvalue weighted by Crippen LogP contribution is -2.47. The molecule has 0 aromatic rings. The number of carbonyl (C=O) groups excluding carboxylic acids is 3. The minimum absolute atomic E-state index is 0.0445. The average Bonchev–Trinajstić information content (AvgIpc) is 2.25. The lowest BCUT2D eigenvalue weighted by atomic mass is 9.82. The Kier molecular flexibility index (Phi) is 5.31. The Morgan fingerprint density at radius 1 is 1.25 bits per heavy atom. The number of likely N-dealkylation sites (tertiary alicyclic amines) is 1. The number of hydrogen-bond donors (Lipinski definition) is 0. The highest BCUT2D eigenvalue weighted by Gasteiger charge is 2.35. The summed E-state index contributed by atoms with van der Waals surface area (Å²) in [5.74, 6) is -0.268. The molecule has 1 amide bonds. The van der Waals surface area contributed by atoms with Gasteiger partial charge >= 0.3 is 6.09 Å². The van der Waals surface area contributed by atoms with Crippen molar-refractivity contribution in [1.82, 2.24) is 4.90 Å². The average molecular weight is 283 g/mol. The lowest BCUT2D eigenvalue weighted by molar-refractivity contribution is -0.130. The first-order chi connectivity index (χ1) is 9.10. The molecule has 5 heteroatoms. The van der Waals surface area contributed by atoms with Crippen molar-refractivity contribution in [3.63, 3.8) is 0 Å². The summed E-state index contributed by atoms with van der Waals surface area (Å²) in [5, 5.41) is 0. The fourth-order valence-electron chi connectivity index (χ4n) is 2.36. The molecule has 2 atom stereocenters. The number of hydrogen-bond acceptors (Lipinski definition) is 4. The Balaban J connectivity index is 2.68. The zero-order valence-electron chi connectivity index (χ0n) is 13.1. The van der Waals surface area contributed by atoms with Crippen LogP contribution in [-0.2, 0) is 14.3 Å². The van der Waals surface area contributed by atoms with Crippen molar-refractivity contribution >= 4 is 17.7 Å². The van der Waals surface area contributed by atoms with Crippen LogP contribution < -0.4 is 0 Å². The molecule has 1 heterocycles. The van der Waals surface area contributed by atoms with E-state index in [0.29, 0.717) is 13.1 Å². The van der Waals surface area contributed by atoms with E-state index in [-0.39, 0.29) is 35.9 Å². The molecule has 0 unspecified atom stereocenters. The summed E-state index contributed by atoms with van der Waals surface area (Å²) in [7, 11) is 0. The molecule has 114 valence electrons. The molecular weight excluding hydrogens is 258 g/mol. The first-order valence-corrected chi connectivity index (χ1v) is 7.10. The van der Waals surface area contributed by atoms with E-state index in [4.69, 9.17) is 4.74 Å². The second-order valence-corrected chi connectivity index (χ2v) is 6.64. The van der Waals surface area contributed by atoms with Crippen molar-refractivity contribution in [3.8, 4) is 0 Å². The predicted octanol–water partition coefficient (Wildman–Crippen LogP) is 2.43. The molecule has 0 spiro atoms. The van der Waals surface area contributed by atoms with E-state index in [2.05, 4.69) is 0 Å². The second kappa shape index (κ2) is 6.37. The summed E-state index contributed by atoms with van der Waals surface area (Å²) in [5.41, 5.74) is -0.543. The van der Waals surface area contributed by atoms with Gasteiger partial charge in [-0.05, 0) is 40.0 Å². The SMILES string of the molecule is CC(=O)CC(=O)[C@@H]1CN(C(=O)OC(C)(C)C)CC[C@H]1C. The molecule has 20 heavy (non-hydrogen) atoms. The predicted molar refractivity (Wildman–Crippen MR) is 75.4 cm³/mol. The van der Waals surface area contributed by atoms with Crippen LogP contribution in [0.2, 0.25) is 0 Å². The first kappa shape index (κ1) is 16.7. The van der Waals surface area contributed by atoms with Crippen molar-refractivity contribution in [2.75, 3.05) is 13.1 Å². The topological polar surface area (TPSA) is 63.7 Å². The molecule has 0 aliphatic carbocycles. The first-order valence-electron chi connectivity index (χ1n) is 7.10. The van der Waals surface area contributed by atoms with Crippen LogP contribution in [0.1, 0.15) is 47.5 Å². The van der Waals surface area contributed by atoms with Gasteiger partial charge in [-0.3, -0.25) is 9.59 Å². The molecule has 1 aliphatic rings. The number of nitrogens with zero attached hydrogens (tertiary/aromatic N) is 1. The molecule has 1 fully saturated rings. The Morgan fingerprint density at radius 2 is 1.85 bits per heavy atom. The summed E-state index contributed by atoms with van der Waals surface area (Å²) >= 11 is 0. The molecule has 0 radical (unpaired) electrons. The maximum absolute atomic E-state index is 12.1. The summed E-state index contributed by atoms with van der Waals surface area (Å²) in [6, 6.07) is 0. The van der Waals surface area contributed by atoms with Crippen LogP contribution >= 0.6 is 0 Å². The number of Topliss-reactive ketones (excluding diaryl/α,β-unsaturated/α-hetero) is 2. The number of carbonyl (C=O) groups is 3. The molecule has 0 N–H and O–H groups in total. The van der Waals surface area contributed by atoms with Crippen molar-refractivity contribution in [2.24, 2.45) is 11.8 Å². The quantitative estimate of drug-likeness (QED) is 0.746. The largest absolute Gasteiger partial charge is 0.444 e. The Bertz CT molecular complexity index is 397. The number of ketones is 2. The minimum Gasteiger partial charge on any atom is -0.444 e. The summed E-state index contributed by atoms with van der Waals surface area (Å²) < 4.78 is 5.33. The standard InChI is InChI=1S/C15H25NO4/c1-10-6-7-16(14(19)20-15(3,4)5)9-12(10)13(18)8-11(2)17/h10,12H,6-9H2,1-5H3/t10-,12-/m1/s1. The molecule has 1 rings (SSSR count). The molecular formula is C15H25NO4. The third-order valence-corrected chi connectivity index (χ3v) is 3.45. The van der Waals surface area contributed by atoms with Crippen LogP contribution in [0, 0.1) is 11.8 Å². The van der Waals surface area contributed by atoms with Crippen LogP contribution in [-0.4, -0.2) is 41.3 Å². The van der Waals surface area contributed by atoms with Crippen LogP contribution in [0.3, 0.4) is 0 Å². The number of ether oxygens (including phenoxy) is 1. The Morgan fingerprint density at radius 3 is 2.35 bits per heavy atom. The molecule has 0 bridgehead atoms. The molecule has 0 aromatic heterocycles. The van der Waals surface area contributed by atoms with E-state index >= 15 is 0 Å². The number of amides is 1. The lowest BCUT2D eigenvalue weighted by Gasteiger charge is -2.36. The zero-order chi connectivity index (χ0) is 15.5. The highest BCUT2D eigenvalue weighted by molar-refractivity contribution is 5.99. The van der Waals surface area contributed by atoms with Crippen molar-refractivity contribution < 1.29 is 19.1 Å². The normalized spacial score (nSPS) is 23.4. The van der Waals surface area contributed by atoms with Gasteiger partial charge in [-0.2, -0.15) is 0 Å². The zero-order valence-corrected chi connectivity index (χ0v) is 13.1. The third-order valence-electron chi connectivity index (χ3n) is 3.45. The van der Waals surface area contributed by atoms with Crippen molar-refractivity contribution in [2.45, 2.75) is 53.1 Å². The van der Waals surface area contributed by atoms with Gasteiger partial charge in [-0.25, -0.2) is 4.79 Å². The maximum atomic E-state index is 12.1. The van der Waals surface area contributed by atoms with E-state index in [1.165, 1.54) is 6.92 Å². The van der Waals surface area contributed by atoms with Gasteiger partial charge in [0, 0.05) is 19.0 Å². The van der Waals surface area contributed by atoms with Crippen molar-refractivity contribution in [1.29, 1.82) is 0 Å². The van der Waals surface area contributed by atoms with E-state index in [1.807, 2.05) is 27.7 Å².